The first-order chi connectivity index (χ1) is 12.5. The summed E-state index contributed by atoms with van der Waals surface area (Å²) in [5.74, 6) is 0.495. The maximum Gasteiger partial charge on any atom is 0.171 e. The molecule has 0 saturated carbocycles. The van der Waals surface area contributed by atoms with E-state index >= 15 is 0 Å². The molecule has 0 spiro atoms. The number of aryl methyl sites for hydroxylation is 1. The van der Waals surface area contributed by atoms with Gasteiger partial charge in [-0.15, -0.1) is 11.3 Å². The highest BCUT2D eigenvalue weighted by Gasteiger charge is 2.12. The van der Waals surface area contributed by atoms with Crippen LogP contribution in [-0.4, -0.2) is 17.9 Å². The Bertz CT molecular complexity index is 935. The number of benzene rings is 2. The molecule has 0 amide bonds. The molecule has 1 aromatic heterocycles. The van der Waals surface area contributed by atoms with Gasteiger partial charge in [-0.2, -0.15) is 0 Å². The molecule has 6 heteroatoms. The molecule has 3 aromatic rings. The van der Waals surface area contributed by atoms with Crippen molar-refractivity contribution in [1.82, 2.24) is 4.98 Å². The maximum absolute atomic E-state index is 13.7. The number of hydrogen-bond acceptors (Lipinski definition) is 5. The van der Waals surface area contributed by atoms with Crippen molar-refractivity contribution in [1.29, 1.82) is 0 Å². The largest absolute Gasteiger partial charge is 0.494 e. The lowest BCUT2D eigenvalue weighted by molar-refractivity contribution is 0.102. The Kier molecular flexibility index (Phi) is 5.32. The Morgan fingerprint density at radius 2 is 1.92 bits per heavy atom. The van der Waals surface area contributed by atoms with Gasteiger partial charge >= 0.3 is 0 Å². The number of ketones is 1. The molecule has 0 aliphatic rings. The van der Waals surface area contributed by atoms with Gasteiger partial charge < -0.3 is 9.47 Å². The molecule has 0 fully saturated rings. The Morgan fingerprint density at radius 1 is 1.19 bits per heavy atom. The second-order valence-electron chi connectivity index (χ2n) is 5.77. The van der Waals surface area contributed by atoms with E-state index in [0.29, 0.717) is 16.2 Å². The van der Waals surface area contributed by atoms with Gasteiger partial charge in [0.25, 0.3) is 0 Å². The summed E-state index contributed by atoms with van der Waals surface area (Å²) in [6.07, 6.45) is 0. The molecule has 3 rings (SSSR count). The number of nitrogens with zero attached hydrogens (tertiary/aromatic N) is 1. The van der Waals surface area contributed by atoms with Gasteiger partial charge in [0.15, 0.2) is 17.3 Å². The molecule has 2 aromatic carbocycles. The van der Waals surface area contributed by atoms with Gasteiger partial charge in [-0.05, 0) is 48.9 Å². The molecule has 26 heavy (non-hydrogen) atoms. The zero-order valence-corrected chi connectivity index (χ0v) is 15.5. The quantitative estimate of drug-likeness (QED) is 0.569. The molecular formula is C20H18FNO3S. The molecule has 4 nitrogen and oxygen atoms in total. The molecule has 0 bridgehead atoms. The molecule has 0 saturated heterocycles. The summed E-state index contributed by atoms with van der Waals surface area (Å²) in [5, 5.41) is 0.802. The van der Waals surface area contributed by atoms with E-state index in [2.05, 4.69) is 4.98 Å². The number of carbonyl (C=O) groups excluding carboxylic acids is 1. The van der Waals surface area contributed by atoms with E-state index in [-0.39, 0.29) is 18.1 Å². The van der Waals surface area contributed by atoms with Crippen LogP contribution in [0.5, 0.6) is 11.5 Å². The summed E-state index contributed by atoms with van der Waals surface area (Å²) in [6.45, 7) is 3.64. The molecule has 0 aliphatic carbocycles. The number of halogens is 1. The summed E-state index contributed by atoms with van der Waals surface area (Å²) in [7, 11) is 1.43. The zero-order chi connectivity index (χ0) is 18.7. The lowest BCUT2D eigenvalue weighted by atomic mass is 10.2. The van der Waals surface area contributed by atoms with E-state index in [9.17, 15) is 9.18 Å². The summed E-state index contributed by atoms with van der Waals surface area (Å²) in [6, 6.07) is 12.2. The van der Waals surface area contributed by atoms with Crippen LogP contribution in [0.4, 0.5) is 4.39 Å². The van der Waals surface area contributed by atoms with Crippen LogP contribution < -0.4 is 9.47 Å². The summed E-state index contributed by atoms with van der Waals surface area (Å²) < 4.78 is 24.3. The summed E-state index contributed by atoms with van der Waals surface area (Å²) in [5.41, 5.74) is 2.39. The van der Waals surface area contributed by atoms with Crippen molar-refractivity contribution in [2.24, 2.45) is 0 Å². The van der Waals surface area contributed by atoms with Crippen LogP contribution >= 0.6 is 11.3 Å². The first-order valence-electron chi connectivity index (χ1n) is 8.02. The fourth-order valence-corrected chi connectivity index (χ4v) is 3.47. The Balaban J connectivity index is 1.69. The van der Waals surface area contributed by atoms with Gasteiger partial charge in [0.05, 0.1) is 17.7 Å². The molecule has 0 N–H and O–H groups in total. The van der Waals surface area contributed by atoms with Crippen LogP contribution in [0.15, 0.2) is 42.5 Å². The normalized spacial score (nSPS) is 10.6. The highest BCUT2D eigenvalue weighted by Crippen LogP contribution is 2.29. The number of carbonyl (C=O) groups is 1. The highest BCUT2D eigenvalue weighted by molar-refractivity contribution is 7.17. The third-order valence-electron chi connectivity index (χ3n) is 3.84. The fourth-order valence-electron chi connectivity index (χ4n) is 2.51. The van der Waals surface area contributed by atoms with Crippen molar-refractivity contribution < 1.29 is 18.7 Å². The zero-order valence-electron chi connectivity index (χ0n) is 14.7. The minimum Gasteiger partial charge on any atom is -0.494 e. The molecule has 1 heterocycles. The van der Waals surface area contributed by atoms with Crippen molar-refractivity contribution in [2.45, 2.75) is 20.5 Å². The predicted molar refractivity (Wildman–Crippen MR) is 99.6 cm³/mol. The van der Waals surface area contributed by atoms with E-state index < -0.39 is 5.82 Å². The molecule has 0 aliphatic heterocycles. The number of aromatic nitrogens is 1. The molecule has 134 valence electrons. The monoisotopic (exact) mass is 371 g/mol. The second kappa shape index (κ2) is 7.66. The Labute approximate surface area is 155 Å². The molecule has 0 radical (unpaired) electrons. The van der Waals surface area contributed by atoms with Gasteiger partial charge in [-0.1, -0.05) is 6.07 Å². The van der Waals surface area contributed by atoms with Gasteiger partial charge in [-0.3, -0.25) is 4.79 Å². The minimum absolute atomic E-state index is 0.0259. The number of thiazole rings is 1. The van der Waals surface area contributed by atoms with Crippen LogP contribution in [0.25, 0.3) is 10.6 Å². The van der Waals surface area contributed by atoms with E-state index in [4.69, 9.17) is 9.47 Å². The summed E-state index contributed by atoms with van der Waals surface area (Å²) in [4.78, 5) is 16.7. The highest BCUT2D eigenvalue weighted by atomic mass is 32.1. The van der Waals surface area contributed by atoms with Crippen LogP contribution in [0.1, 0.15) is 27.9 Å². The van der Waals surface area contributed by atoms with E-state index in [0.717, 1.165) is 16.3 Å². The van der Waals surface area contributed by atoms with Crippen LogP contribution in [0.3, 0.4) is 0 Å². The van der Waals surface area contributed by atoms with E-state index in [1.54, 1.807) is 19.1 Å². The van der Waals surface area contributed by atoms with Crippen molar-refractivity contribution in [3.63, 3.8) is 0 Å². The number of methoxy groups -OCH3 is 1. The van der Waals surface area contributed by atoms with E-state index in [1.165, 1.54) is 24.5 Å². The molecular weight excluding hydrogens is 353 g/mol. The number of ether oxygens (including phenoxy) is 2. The first-order valence-corrected chi connectivity index (χ1v) is 8.83. The third kappa shape index (κ3) is 3.91. The van der Waals surface area contributed by atoms with Crippen molar-refractivity contribution in [3.05, 3.63) is 64.4 Å². The number of rotatable bonds is 6. The minimum atomic E-state index is -0.413. The Morgan fingerprint density at radius 3 is 2.50 bits per heavy atom. The van der Waals surface area contributed by atoms with Crippen molar-refractivity contribution >= 4 is 17.1 Å². The lowest BCUT2D eigenvalue weighted by Crippen LogP contribution is -1.97. The average molecular weight is 371 g/mol. The predicted octanol–water partition coefficient (Wildman–Crippen LogP) is 5.05. The standard InChI is InChI=1S/C20H18FNO3S/c1-12-19(13(2)23)26-20(22-12)15-5-7-16(8-6-15)25-11-14-4-9-18(24-3)17(21)10-14/h4-10H,11H2,1-3H3. The maximum atomic E-state index is 13.7. The van der Waals surface area contributed by atoms with Crippen LogP contribution in [0, 0.1) is 12.7 Å². The van der Waals surface area contributed by atoms with Gasteiger partial charge in [0, 0.05) is 12.5 Å². The second-order valence-corrected chi connectivity index (χ2v) is 6.77. The average Bonchev–Trinajstić information content (AvgIpc) is 3.02. The smallest absolute Gasteiger partial charge is 0.171 e. The van der Waals surface area contributed by atoms with Gasteiger partial charge in [0.2, 0.25) is 0 Å². The van der Waals surface area contributed by atoms with Gasteiger partial charge in [-0.25, -0.2) is 9.37 Å². The fraction of sp³-hybridized carbons (Fsp3) is 0.200. The molecule has 0 unspecified atom stereocenters. The van der Waals surface area contributed by atoms with Gasteiger partial charge in [0.1, 0.15) is 17.4 Å². The number of hydrogen-bond donors (Lipinski definition) is 0. The lowest BCUT2D eigenvalue weighted by Gasteiger charge is -2.08. The Hall–Kier alpha value is -2.73. The topological polar surface area (TPSA) is 48.4 Å². The molecule has 0 atom stereocenters. The first kappa shape index (κ1) is 18.1. The number of Topliss-reactive ketones (excluding diaryl/α,β-unsaturated/α-hetero) is 1. The van der Waals surface area contributed by atoms with Crippen molar-refractivity contribution in [3.8, 4) is 22.1 Å². The van der Waals surface area contributed by atoms with Crippen molar-refractivity contribution in [2.75, 3.05) is 7.11 Å². The third-order valence-corrected chi connectivity index (χ3v) is 5.15. The van der Waals surface area contributed by atoms with E-state index in [1.807, 2.05) is 31.2 Å². The summed E-state index contributed by atoms with van der Waals surface area (Å²) >= 11 is 1.39. The SMILES string of the molecule is COc1ccc(COc2ccc(-c3nc(C)c(C(C)=O)s3)cc2)cc1F. The van der Waals surface area contributed by atoms with Crippen LogP contribution in [0.2, 0.25) is 0 Å². The van der Waals surface area contributed by atoms with Crippen LogP contribution in [-0.2, 0) is 6.61 Å².